The molecule has 0 spiro atoms. The van der Waals surface area contributed by atoms with Crippen LogP contribution in [-0.2, 0) is 4.18 Å². The van der Waals surface area contributed by atoms with Crippen molar-refractivity contribution in [1.29, 1.82) is 0 Å². The van der Waals surface area contributed by atoms with Gasteiger partial charge in [-0.2, -0.15) is 0 Å². The van der Waals surface area contributed by atoms with Gasteiger partial charge in [0.1, 0.15) is 24.0 Å². The van der Waals surface area contributed by atoms with Gasteiger partial charge in [-0.25, -0.2) is 9.97 Å². The van der Waals surface area contributed by atoms with E-state index >= 15 is 0 Å². The minimum atomic E-state index is 0.490. The van der Waals surface area contributed by atoms with Gasteiger partial charge in [0, 0.05) is 35.1 Å². The molecule has 0 bridgehead atoms. The third-order valence-electron chi connectivity index (χ3n) is 4.85. The number of hydrogen-bond donors (Lipinski definition) is 0. The summed E-state index contributed by atoms with van der Waals surface area (Å²) in [5, 5.41) is 1.03. The van der Waals surface area contributed by atoms with Crippen molar-refractivity contribution in [1.82, 2.24) is 9.97 Å². The van der Waals surface area contributed by atoms with Gasteiger partial charge in [-0.05, 0) is 62.4 Å². The summed E-state index contributed by atoms with van der Waals surface area (Å²) in [4.78, 5) is 12.4. The molecule has 3 aromatic carbocycles. The summed E-state index contributed by atoms with van der Waals surface area (Å²) >= 11 is 1.37. The number of aromatic nitrogens is 2. The van der Waals surface area contributed by atoms with Crippen molar-refractivity contribution in [2.75, 3.05) is 25.2 Å². The van der Waals surface area contributed by atoms with Crippen LogP contribution in [0.15, 0.2) is 77.7 Å². The first-order valence-electron chi connectivity index (χ1n) is 10.2. The SMILES string of the molecule is Cc1ccc(SOCCOc2ccc(N(C)c3nc(C)nc4ccccc34)cc2)cc1. The Kier molecular flexibility index (Phi) is 6.70. The zero-order chi connectivity index (χ0) is 21.6. The summed E-state index contributed by atoms with van der Waals surface area (Å²) in [6.45, 7) is 4.99. The summed E-state index contributed by atoms with van der Waals surface area (Å²) in [5.41, 5.74) is 3.21. The Morgan fingerprint density at radius 1 is 0.839 bits per heavy atom. The molecule has 158 valence electrons. The van der Waals surface area contributed by atoms with Gasteiger partial charge >= 0.3 is 0 Å². The smallest absolute Gasteiger partial charge is 0.144 e. The minimum Gasteiger partial charge on any atom is -0.491 e. The van der Waals surface area contributed by atoms with E-state index in [2.05, 4.69) is 46.1 Å². The Morgan fingerprint density at radius 3 is 2.35 bits per heavy atom. The van der Waals surface area contributed by atoms with E-state index in [4.69, 9.17) is 8.92 Å². The van der Waals surface area contributed by atoms with Crippen LogP contribution < -0.4 is 9.64 Å². The first kappa shape index (κ1) is 21.2. The molecule has 6 heteroatoms. The summed E-state index contributed by atoms with van der Waals surface area (Å²) in [6, 6.07) is 24.3. The highest BCUT2D eigenvalue weighted by Crippen LogP contribution is 2.29. The molecular weight excluding hydrogens is 406 g/mol. The maximum Gasteiger partial charge on any atom is 0.144 e. The van der Waals surface area contributed by atoms with Gasteiger partial charge in [0.15, 0.2) is 0 Å². The van der Waals surface area contributed by atoms with E-state index in [0.717, 1.165) is 38.9 Å². The van der Waals surface area contributed by atoms with Crippen molar-refractivity contribution in [2.24, 2.45) is 0 Å². The zero-order valence-corrected chi connectivity index (χ0v) is 18.7. The molecule has 4 aromatic rings. The van der Waals surface area contributed by atoms with E-state index in [1.165, 1.54) is 17.6 Å². The topological polar surface area (TPSA) is 47.5 Å². The predicted octanol–water partition coefficient (Wildman–Crippen LogP) is 6.12. The molecule has 0 aliphatic heterocycles. The van der Waals surface area contributed by atoms with Crippen LogP contribution >= 0.6 is 12.0 Å². The van der Waals surface area contributed by atoms with Crippen molar-refractivity contribution < 1.29 is 8.92 Å². The lowest BCUT2D eigenvalue weighted by atomic mass is 10.2. The van der Waals surface area contributed by atoms with Crippen LogP contribution in [0.25, 0.3) is 10.9 Å². The van der Waals surface area contributed by atoms with E-state index in [1.807, 2.05) is 62.5 Å². The average Bonchev–Trinajstić information content (AvgIpc) is 2.79. The van der Waals surface area contributed by atoms with Crippen molar-refractivity contribution in [3.63, 3.8) is 0 Å². The molecule has 0 amide bonds. The van der Waals surface area contributed by atoms with E-state index in [-0.39, 0.29) is 0 Å². The molecule has 5 nitrogen and oxygen atoms in total. The van der Waals surface area contributed by atoms with Crippen LogP contribution in [0.4, 0.5) is 11.5 Å². The Labute approximate surface area is 187 Å². The van der Waals surface area contributed by atoms with Gasteiger partial charge < -0.3 is 13.8 Å². The van der Waals surface area contributed by atoms with Gasteiger partial charge in [-0.1, -0.05) is 29.8 Å². The summed E-state index contributed by atoms with van der Waals surface area (Å²) in [7, 11) is 2.01. The molecule has 1 aromatic heterocycles. The third kappa shape index (κ3) is 5.34. The average molecular weight is 432 g/mol. The van der Waals surface area contributed by atoms with Crippen LogP contribution in [0.2, 0.25) is 0 Å². The lowest BCUT2D eigenvalue weighted by Gasteiger charge is -2.20. The number of anilines is 2. The number of nitrogens with zero attached hydrogens (tertiary/aromatic N) is 3. The van der Waals surface area contributed by atoms with Gasteiger partial charge in [0.2, 0.25) is 0 Å². The molecule has 0 N–H and O–H groups in total. The molecule has 0 saturated heterocycles. The van der Waals surface area contributed by atoms with Gasteiger partial charge in [0.05, 0.1) is 12.1 Å². The van der Waals surface area contributed by atoms with Crippen LogP contribution in [0.3, 0.4) is 0 Å². The van der Waals surface area contributed by atoms with E-state index in [0.29, 0.717) is 13.2 Å². The number of rotatable bonds is 8. The number of benzene rings is 3. The highest BCUT2D eigenvalue weighted by Gasteiger charge is 2.12. The quantitative estimate of drug-likeness (QED) is 0.247. The molecule has 4 rings (SSSR count). The fourth-order valence-corrected chi connectivity index (χ4v) is 3.75. The summed E-state index contributed by atoms with van der Waals surface area (Å²) < 4.78 is 11.4. The molecule has 0 radical (unpaired) electrons. The van der Waals surface area contributed by atoms with Crippen LogP contribution in [-0.4, -0.2) is 30.2 Å². The second-order valence-electron chi connectivity index (χ2n) is 7.23. The van der Waals surface area contributed by atoms with Crippen molar-refractivity contribution in [3.8, 4) is 5.75 Å². The molecule has 0 fully saturated rings. The Bertz CT molecular complexity index is 1150. The first-order chi connectivity index (χ1) is 15.1. The number of ether oxygens (including phenoxy) is 1. The van der Waals surface area contributed by atoms with E-state index < -0.39 is 0 Å². The predicted molar refractivity (Wildman–Crippen MR) is 127 cm³/mol. The molecule has 0 aliphatic carbocycles. The van der Waals surface area contributed by atoms with Gasteiger partial charge in [-0.15, -0.1) is 0 Å². The van der Waals surface area contributed by atoms with Crippen molar-refractivity contribution >= 4 is 34.5 Å². The fraction of sp³-hybridized carbons (Fsp3) is 0.200. The second kappa shape index (κ2) is 9.81. The van der Waals surface area contributed by atoms with Gasteiger partial charge in [-0.3, -0.25) is 0 Å². The molecule has 0 saturated carbocycles. The minimum absolute atomic E-state index is 0.490. The molecule has 0 unspecified atom stereocenters. The van der Waals surface area contributed by atoms with Gasteiger partial charge in [0.25, 0.3) is 0 Å². The standard InChI is InChI=1S/C25H25N3O2S/c1-18-8-14-22(15-9-18)31-30-17-16-29-21-12-10-20(11-13-21)28(3)25-23-6-4-5-7-24(23)26-19(2)27-25/h4-15H,16-17H2,1-3H3. The van der Waals surface area contributed by atoms with Crippen LogP contribution in [0, 0.1) is 13.8 Å². The van der Waals surface area contributed by atoms with Crippen LogP contribution in [0.5, 0.6) is 5.75 Å². The molecule has 0 aliphatic rings. The zero-order valence-electron chi connectivity index (χ0n) is 17.9. The Morgan fingerprint density at radius 2 is 1.58 bits per heavy atom. The summed E-state index contributed by atoms with van der Waals surface area (Å²) in [5.74, 6) is 2.45. The number of aryl methyl sites for hydroxylation is 2. The number of fused-ring (bicyclic) bond motifs is 1. The highest BCUT2D eigenvalue weighted by molar-refractivity contribution is 7.94. The van der Waals surface area contributed by atoms with E-state index in [1.54, 1.807) is 0 Å². The Hall–Kier alpha value is -3.09. The first-order valence-corrected chi connectivity index (χ1v) is 10.9. The lowest BCUT2D eigenvalue weighted by Crippen LogP contribution is -2.13. The largest absolute Gasteiger partial charge is 0.491 e. The van der Waals surface area contributed by atoms with E-state index in [9.17, 15) is 0 Å². The third-order valence-corrected chi connectivity index (χ3v) is 5.60. The monoisotopic (exact) mass is 431 g/mol. The number of para-hydroxylation sites is 1. The highest BCUT2D eigenvalue weighted by atomic mass is 32.2. The molecule has 31 heavy (non-hydrogen) atoms. The molecule has 0 atom stereocenters. The fourth-order valence-electron chi connectivity index (χ4n) is 3.21. The maximum absolute atomic E-state index is 5.81. The maximum atomic E-state index is 5.81. The Balaban J connectivity index is 1.33. The molecule has 1 heterocycles. The van der Waals surface area contributed by atoms with Crippen LogP contribution in [0.1, 0.15) is 11.4 Å². The normalized spacial score (nSPS) is 10.9. The number of hydrogen-bond acceptors (Lipinski definition) is 6. The van der Waals surface area contributed by atoms with Crippen molar-refractivity contribution in [2.45, 2.75) is 18.7 Å². The van der Waals surface area contributed by atoms with Crippen molar-refractivity contribution in [3.05, 3.63) is 84.2 Å². The molecular formula is C25H25N3O2S. The summed E-state index contributed by atoms with van der Waals surface area (Å²) in [6.07, 6.45) is 0. The lowest BCUT2D eigenvalue weighted by molar-refractivity contribution is 0.239. The second-order valence-corrected chi connectivity index (χ2v) is 8.11.